The van der Waals surface area contributed by atoms with Gasteiger partial charge >= 0.3 is 0 Å². The van der Waals surface area contributed by atoms with Crippen LogP contribution < -0.4 is 0 Å². The van der Waals surface area contributed by atoms with Gasteiger partial charge in [0.2, 0.25) is 0 Å². The second kappa shape index (κ2) is 2.29. The fourth-order valence-corrected chi connectivity index (χ4v) is 1.07. The van der Waals surface area contributed by atoms with Crippen LogP contribution in [-0.4, -0.2) is 11.6 Å². The molecule has 0 amide bonds. The summed E-state index contributed by atoms with van der Waals surface area (Å²) in [6.07, 6.45) is 1.42. The average Bonchev–Trinajstić information content (AvgIpc) is 1.80. The first-order valence-corrected chi connectivity index (χ1v) is 3.24. The zero-order valence-electron chi connectivity index (χ0n) is 5.52. The maximum absolute atomic E-state index is 10.8. The van der Waals surface area contributed by atoms with Gasteiger partial charge in [0.25, 0.3) is 0 Å². The topological polar surface area (TPSA) is 34.1 Å². The highest BCUT2D eigenvalue weighted by atomic mass is 16.1. The molecule has 0 unspecified atom stereocenters. The van der Waals surface area contributed by atoms with E-state index in [1.165, 1.54) is 0 Å². The molecule has 0 N–H and O–H groups in total. The Labute approximate surface area is 54.2 Å². The van der Waals surface area contributed by atoms with Gasteiger partial charge in [-0.05, 0) is 0 Å². The van der Waals surface area contributed by atoms with E-state index in [0.29, 0.717) is 19.3 Å². The van der Waals surface area contributed by atoms with E-state index < -0.39 is 0 Å². The Balaban J connectivity index is 2.54. The van der Waals surface area contributed by atoms with E-state index in [1.54, 1.807) is 0 Å². The number of Topliss-reactive ketones (excluding diaryl/α,β-unsaturated/α-hetero) is 2. The zero-order chi connectivity index (χ0) is 6.85. The number of hydrogen-bond acceptors (Lipinski definition) is 2. The highest BCUT2D eigenvalue weighted by molar-refractivity contribution is 5.94. The number of rotatable bonds is 0. The average molecular weight is 126 g/mol. The molecular formula is C7H10O2. The van der Waals surface area contributed by atoms with Crippen LogP contribution >= 0.6 is 0 Å². The molecule has 1 atom stereocenters. The SMILES string of the molecule is C[C@H]1CC(=O)CCC1=O. The largest absolute Gasteiger partial charge is 0.300 e. The van der Waals surface area contributed by atoms with Crippen LogP contribution in [0.2, 0.25) is 0 Å². The molecule has 0 aromatic heterocycles. The first-order valence-electron chi connectivity index (χ1n) is 3.24. The molecule has 0 aliphatic heterocycles. The molecule has 0 spiro atoms. The molecule has 9 heavy (non-hydrogen) atoms. The Morgan fingerprint density at radius 3 is 2.44 bits per heavy atom. The van der Waals surface area contributed by atoms with Gasteiger partial charge in [-0.15, -0.1) is 0 Å². The number of carbonyl (C=O) groups is 2. The smallest absolute Gasteiger partial charge is 0.136 e. The van der Waals surface area contributed by atoms with Crippen molar-refractivity contribution in [1.82, 2.24) is 0 Å². The summed E-state index contributed by atoms with van der Waals surface area (Å²) in [4.78, 5) is 21.5. The minimum Gasteiger partial charge on any atom is -0.300 e. The first kappa shape index (κ1) is 6.46. The van der Waals surface area contributed by atoms with Gasteiger partial charge in [-0.25, -0.2) is 0 Å². The Morgan fingerprint density at radius 2 is 2.00 bits per heavy atom. The summed E-state index contributed by atoms with van der Waals surface area (Å²) in [5, 5.41) is 0. The van der Waals surface area contributed by atoms with Crippen molar-refractivity contribution in [3.05, 3.63) is 0 Å². The van der Waals surface area contributed by atoms with Crippen LogP contribution in [0.15, 0.2) is 0 Å². The van der Waals surface area contributed by atoms with E-state index in [0.717, 1.165) is 0 Å². The van der Waals surface area contributed by atoms with E-state index in [-0.39, 0.29) is 17.5 Å². The highest BCUT2D eigenvalue weighted by Gasteiger charge is 2.22. The Kier molecular flexibility index (Phi) is 1.65. The third-order valence-corrected chi connectivity index (χ3v) is 1.73. The predicted octanol–water partition coefficient (Wildman–Crippen LogP) is 0.945. The van der Waals surface area contributed by atoms with Crippen LogP contribution in [0.3, 0.4) is 0 Å². The van der Waals surface area contributed by atoms with Crippen molar-refractivity contribution in [3.63, 3.8) is 0 Å². The number of carbonyl (C=O) groups excluding carboxylic acids is 2. The maximum atomic E-state index is 10.8. The molecule has 0 bridgehead atoms. The predicted molar refractivity (Wildman–Crippen MR) is 33.0 cm³/mol. The van der Waals surface area contributed by atoms with Gasteiger partial charge < -0.3 is 0 Å². The Hall–Kier alpha value is -0.660. The molecule has 50 valence electrons. The number of ketones is 2. The lowest BCUT2D eigenvalue weighted by molar-refractivity contribution is -0.132. The van der Waals surface area contributed by atoms with Crippen LogP contribution in [0.25, 0.3) is 0 Å². The van der Waals surface area contributed by atoms with Crippen LogP contribution in [0.1, 0.15) is 26.2 Å². The van der Waals surface area contributed by atoms with Crippen LogP contribution in [0.4, 0.5) is 0 Å². The summed E-state index contributed by atoms with van der Waals surface area (Å²) in [5.74, 6) is 0.475. The van der Waals surface area contributed by atoms with E-state index >= 15 is 0 Å². The lowest BCUT2D eigenvalue weighted by Gasteiger charge is -2.13. The molecule has 0 aromatic rings. The van der Waals surface area contributed by atoms with E-state index in [2.05, 4.69) is 0 Å². The van der Waals surface area contributed by atoms with Crippen molar-refractivity contribution in [3.8, 4) is 0 Å². The second-order valence-corrected chi connectivity index (χ2v) is 2.61. The molecule has 0 heterocycles. The van der Waals surface area contributed by atoms with Crippen molar-refractivity contribution in [2.24, 2.45) is 5.92 Å². The van der Waals surface area contributed by atoms with Crippen LogP contribution in [-0.2, 0) is 9.59 Å². The molecule has 0 saturated heterocycles. The quantitative estimate of drug-likeness (QED) is 0.484. The molecule has 0 radical (unpaired) electrons. The summed E-state index contributed by atoms with van der Waals surface area (Å²) in [6.45, 7) is 1.82. The van der Waals surface area contributed by atoms with E-state index in [1.807, 2.05) is 6.92 Å². The third kappa shape index (κ3) is 1.37. The van der Waals surface area contributed by atoms with Crippen molar-refractivity contribution in [2.45, 2.75) is 26.2 Å². The number of hydrogen-bond donors (Lipinski definition) is 0. The highest BCUT2D eigenvalue weighted by Crippen LogP contribution is 2.16. The van der Waals surface area contributed by atoms with Crippen LogP contribution in [0, 0.1) is 5.92 Å². The van der Waals surface area contributed by atoms with Crippen molar-refractivity contribution in [1.29, 1.82) is 0 Å². The van der Waals surface area contributed by atoms with Crippen LogP contribution in [0.5, 0.6) is 0 Å². The van der Waals surface area contributed by atoms with E-state index in [9.17, 15) is 9.59 Å². The Bertz CT molecular complexity index is 149. The minimum absolute atomic E-state index is 0.00810. The normalized spacial score (nSPS) is 28.8. The molecule has 1 aliphatic carbocycles. The molecule has 1 aliphatic rings. The summed E-state index contributed by atoms with van der Waals surface area (Å²) < 4.78 is 0. The van der Waals surface area contributed by atoms with Crippen molar-refractivity contribution >= 4 is 11.6 Å². The van der Waals surface area contributed by atoms with E-state index in [4.69, 9.17) is 0 Å². The molecule has 1 fully saturated rings. The van der Waals surface area contributed by atoms with Crippen molar-refractivity contribution in [2.75, 3.05) is 0 Å². The lowest BCUT2D eigenvalue weighted by Crippen LogP contribution is -2.21. The van der Waals surface area contributed by atoms with Gasteiger partial charge in [-0.2, -0.15) is 0 Å². The minimum atomic E-state index is -0.00810. The first-order chi connectivity index (χ1) is 4.20. The second-order valence-electron chi connectivity index (χ2n) is 2.61. The molecule has 0 aromatic carbocycles. The lowest BCUT2D eigenvalue weighted by atomic mass is 9.89. The summed E-state index contributed by atoms with van der Waals surface area (Å²) in [6, 6.07) is 0. The standard InChI is InChI=1S/C7H10O2/c1-5-4-6(8)2-3-7(5)9/h5H,2-4H2,1H3/t5-/m0/s1. The molecule has 2 nitrogen and oxygen atoms in total. The summed E-state index contributed by atoms with van der Waals surface area (Å²) in [7, 11) is 0. The van der Waals surface area contributed by atoms with Crippen molar-refractivity contribution < 1.29 is 9.59 Å². The van der Waals surface area contributed by atoms with Gasteiger partial charge in [0.15, 0.2) is 0 Å². The zero-order valence-corrected chi connectivity index (χ0v) is 5.52. The van der Waals surface area contributed by atoms with Gasteiger partial charge in [-0.1, -0.05) is 6.92 Å². The monoisotopic (exact) mass is 126 g/mol. The molecule has 1 saturated carbocycles. The summed E-state index contributed by atoms with van der Waals surface area (Å²) in [5.41, 5.74) is 0. The summed E-state index contributed by atoms with van der Waals surface area (Å²) >= 11 is 0. The van der Waals surface area contributed by atoms with Gasteiger partial charge in [0.1, 0.15) is 11.6 Å². The molecular weight excluding hydrogens is 116 g/mol. The Morgan fingerprint density at radius 1 is 1.33 bits per heavy atom. The van der Waals surface area contributed by atoms with Gasteiger partial charge in [0.05, 0.1) is 0 Å². The molecule has 2 heteroatoms. The van der Waals surface area contributed by atoms with Gasteiger partial charge in [-0.3, -0.25) is 9.59 Å². The molecule has 1 rings (SSSR count). The third-order valence-electron chi connectivity index (χ3n) is 1.73. The maximum Gasteiger partial charge on any atom is 0.136 e. The fraction of sp³-hybridized carbons (Fsp3) is 0.714. The van der Waals surface area contributed by atoms with Gasteiger partial charge in [0, 0.05) is 25.2 Å². The fourth-order valence-electron chi connectivity index (χ4n) is 1.07.